The predicted octanol–water partition coefficient (Wildman–Crippen LogP) is 3.40. The second-order valence-corrected chi connectivity index (χ2v) is 11.6. The van der Waals surface area contributed by atoms with Crippen LogP contribution >= 0.6 is 0 Å². The van der Waals surface area contributed by atoms with Gasteiger partial charge in [-0.2, -0.15) is 0 Å². The van der Waals surface area contributed by atoms with Gasteiger partial charge in [-0.25, -0.2) is 0 Å². The zero-order valence-electron chi connectivity index (χ0n) is 20.9. The van der Waals surface area contributed by atoms with E-state index in [9.17, 15) is 15.0 Å². The molecule has 2 aliphatic heterocycles. The van der Waals surface area contributed by atoms with Gasteiger partial charge in [-0.1, -0.05) is 6.07 Å². The topological polar surface area (TPSA) is 86.4 Å². The number of benzene rings is 1. The zero-order valence-corrected chi connectivity index (χ0v) is 20.9. The lowest BCUT2D eigenvalue weighted by atomic mass is 9.48. The lowest BCUT2D eigenvalue weighted by molar-refractivity contribution is -0.200. The first-order valence-electron chi connectivity index (χ1n) is 13.3. The summed E-state index contributed by atoms with van der Waals surface area (Å²) in [5.41, 5.74) is 0.588. The van der Waals surface area contributed by atoms with E-state index in [1.54, 1.807) is 23.1 Å². The maximum atomic E-state index is 13.3. The summed E-state index contributed by atoms with van der Waals surface area (Å²) < 4.78 is 12.2. The normalized spacial score (nSPS) is 34.5. The Bertz CT molecular complexity index is 1260. The van der Waals surface area contributed by atoms with Crippen LogP contribution in [0.15, 0.2) is 34.8 Å². The molecule has 3 aliphatic carbocycles. The van der Waals surface area contributed by atoms with Gasteiger partial charge in [0, 0.05) is 31.3 Å². The van der Waals surface area contributed by atoms with Crippen molar-refractivity contribution in [2.45, 2.75) is 74.7 Å². The minimum atomic E-state index is -0.946. The monoisotopic (exact) mass is 490 g/mol. The maximum absolute atomic E-state index is 13.3. The van der Waals surface area contributed by atoms with Crippen molar-refractivity contribution < 1.29 is 24.2 Å². The molecule has 2 saturated carbocycles. The first-order chi connectivity index (χ1) is 17.3. The molecule has 0 unspecified atom stereocenters. The Morgan fingerprint density at radius 1 is 1.22 bits per heavy atom. The van der Waals surface area contributed by atoms with Gasteiger partial charge in [-0.15, -0.1) is 0 Å². The molecular formula is C29H34N2O5. The van der Waals surface area contributed by atoms with Crippen LogP contribution in [0.1, 0.15) is 54.8 Å². The van der Waals surface area contributed by atoms with E-state index in [4.69, 9.17) is 9.15 Å². The van der Waals surface area contributed by atoms with Crippen LogP contribution in [-0.2, 0) is 16.6 Å². The lowest BCUT2D eigenvalue weighted by Crippen LogP contribution is -2.78. The van der Waals surface area contributed by atoms with Gasteiger partial charge in [0.15, 0.2) is 11.5 Å². The number of hydrogen-bond donors (Lipinski definition) is 2. The highest BCUT2D eigenvalue weighted by atomic mass is 16.5. The number of piperidine rings is 1. The number of likely N-dealkylation sites (N-methyl/N-ethyl adjacent to an activating group) is 1. The molecule has 1 saturated heterocycles. The third-order valence-corrected chi connectivity index (χ3v) is 9.73. The molecule has 2 bridgehead atoms. The molecule has 2 aromatic rings. The van der Waals surface area contributed by atoms with Gasteiger partial charge >= 0.3 is 0 Å². The van der Waals surface area contributed by atoms with Crippen molar-refractivity contribution >= 4 is 12.0 Å². The second-order valence-electron chi connectivity index (χ2n) is 11.6. The van der Waals surface area contributed by atoms with Crippen molar-refractivity contribution in [1.29, 1.82) is 0 Å². The van der Waals surface area contributed by atoms with Crippen LogP contribution in [0.2, 0.25) is 0 Å². The minimum Gasteiger partial charge on any atom is -0.504 e. The number of likely N-dealkylation sites (tertiary alicyclic amines) is 1. The molecule has 5 aliphatic rings. The van der Waals surface area contributed by atoms with E-state index >= 15 is 0 Å². The molecule has 1 amide bonds. The molecule has 7 nitrogen and oxygen atoms in total. The number of rotatable bonds is 5. The van der Waals surface area contributed by atoms with Gasteiger partial charge in [-0.05, 0) is 87.7 Å². The summed E-state index contributed by atoms with van der Waals surface area (Å²) in [6, 6.07) is 7.28. The number of phenolic OH excluding ortho intramolecular Hbond substituents is 1. The Balaban J connectivity index is 1.26. The van der Waals surface area contributed by atoms with Crippen LogP contribution < -0.4 is 4.74 Å². The average Bonchev–Trinajstić information content (AvgIpc) is 3.46. The van der Waals surface area contributed by atoms with Crippen molar-refractivity contribution in [1.82, 2.24) is 9.80 Å². The summed E-state index contributed by atoms with van der Waals surface area (Å²) in [5, 5.41) is 23.4. The molecule has 5 atom stereocenters. The van der Waals surface area contributed by atoms with Gasteiger partial charge in [-0.3, -0.25) is 9.69 Å². The van der Waals surface area contributed by atoms with Crippen molar-refractivity contribution in [3.8, 4) is 11.5 Å². The summed E-state index contributed by atoms with van der Waals surface area (Å²) in [7, 11) is 1.82. The van der Waals surface area contributed by atoms with Crippen molar-refractivity contribution in [2.24, 2.45) is 5.92 Å². The number of hydrogen-bond acceptors (Lipinski definition) is 6. The van der Waals surface area contributed by atoms with E-state index in [2.05, 4.69) is 4.90 Å². The Kier molecular flexibility index (Phi) is 4.75. The number of aryl methyl sites for hydroxylation is 1. The lowest BCUT2D eigenvalue weighted by Gasteiger charge is -2.64. The van der Waals surface area contributed by atoms with Crippen LogP contribution in [-0.4, -0.2) is 69.8 Å². The largest absolute Gasteiger partial charge is 0.504 e. The summed E-state index contributed by atoms with van der Waals surface area (Å²) in [5.74, 6) is 2.70. The van der Waals surface area contributed by atoms with Crippen LogP contribution in [0, 0.1) is 12.8 Å². The number of carbonyl (C=O) groups excluding carboxylic acids is 1. The fourth-order valence-corrected chi connectivity index (χ4v) is 7.83. The third-order valence-electron chi connectivity index (χ3n) is 9.73. The first-order valence-corrected chi connectivity index (χ1v) is 13.3. The number of furan rings is 1. The molecular weight excluding hydrogens is 456 g/mol. The molecule has 1 spiro atoms. The number of aliphatic hydroxyl groups is 1. The van der Waals surface area contributed by atoms with Gasteiger partial charge < -0.3 is 24.3 Å². The van der Waals surface area contributed by atoms with E-state index < -0.39 is 17.1 Å². The summed E-state index contributed by atoms with van der Waals surface area (Å²) in [6.45, 7) is 3.83. The molecule has 1 aromatic carbocycles. The van der Waals surface area contributed by atoms with E-state index in [-0.39, 0.29) is 23.7 Å². The molecule has 7 heteroatoms. The number of phenols is 1. The average molecular weight is 491 g/mol. The van der Waals surface area contributed by atoms with Gasteiger partial charge in [0.1, 0.15) is 17.6 Å². The zero-order chi connectivity index (χ0) is 24.8. The molecule has 2 N–H and O–H groups in total. The molecule has 7 rings (SSSR count). The maximum Gasteiger partial charge on any atom is 0.246 e. The highest BCUT2D eigenvalue weighted by molar-refractivity contribution is 5.91. The van der Waals surface area contributed by atoms with E-state index in [1.165, 1.54) is 18.4 Å². The number of carbonyl (C=O) groups is 1. The predicted molar refractivity (Wildman–Crippen MR) is 134 cm³/mol. The van der Waals surface area contributed by atoms with E-state index in [0.29, 0.717) is 24.4 Å². The number of ether oxygens (including phenoxy) is 1. The quantitative estimate of drug-likeness (QED) is 0.625. The Hall–Kier alpha value is -2.77. The van der Waals surface area contributed by atoms with Crippen LogP contribution in [0.4, 0.5) is 0 Å². The molecule has 0 radical (unpaired) electrons. The van der Waals surface area contributed by atoms with Gasteiger partial charge in [0.05, 0.1) is 17.1 Å². The molecule has 3 fully saturated rings. The summed E-state index contributed by atoms with van der Waals surface area (Å²) >= 11 is 0. The SMILES string of the molecule is Cc1ccc(/C=C/C(=O)N(C)[C@H]2CC[C@@]3(O)[C@H]4Cc5ccc(O)c6c5[C@@]3(CCN4CC3CC3)[C@H]2O6)o1. The Labute approximate surface area is 211 Å². The van der Waals surface area contributed by atoms with Gasteiger partial charge in [0.25, 0.3) is 0 Å². The Morgan fingerprint density at radius 2 is 2.06 bits per heavy atom. The summed E-state index contributed by atoms with van der Waals surface area (Å²) in [4.78, 5) is 17.5. The number of nitrogens with zero attached hydrogens (tertiary/aromatic N) is 2. The molecule has 1 aromatic heterocycles. The fraction of sp³-hybridized carbons (Fsp3) is 0.552. The first kappa shape index (κ1) is 22.4. The molecule has 36 heavy (non-hydrogen) atoms. The van der Waals surface area contributed by atoms with Crippen molar-refractivity contribution in [2.75, 3.05) is 20.1 Å². The van der Waals surface area contributed by atoms with E-state index in [1.807, 2.05) is 32.2 Å². The molecule has 190 valence electrons. The van der Waals surface area contributed by atoms with Gasteiger partial charge in [0.2, 0.25) is 5.91 Å². The highest BCUT2D eigenvalue weighted by Gasteiger charge is 2.73. The smallest absolute Gasteiger partial charge is 0.246 e. The Morgan fingerprint density at radius 3 is 2.81 bits per heavy atom. The third kappa shape index (κ3) is 2.96. The standard InChI is InChI=1S/C29H34N2O5/c1-17-3-7-20(35-17)8-10-24(33)30(2)21-11-12-29(34)23-15-19-6-9-22(32)26-25(19)28(29,27(21)36-26)13-14-31(23)16-18-4-5-18/h3,6-10,18,21,23,27,32,34H,4-5,11-16H2,1-2H3/b10-8+/t21-,23+,27-,28-,29+/m0/s1. The van der Waals surface area contributed by atoms with Crippen LogP contribution in [0.3, 0.4) is 0 Å². The summed E-state index contributed by atoms with van der Waals surface area (Å²) in [6.07, 6.45) is 8.20. The highest BCUT2D eigenvalue weighted by Crippen LogP contribution is 2.66. The number of amides is 1. The fourth-order valence-electron chi connectivity index (χ4n) is 7.83. The molecule has 3 heterocycles. The minimum absolute atomic E-state index is 0.0324. The van der Waals surface area contributed by atoms with Crippen molar-refractivity contribution in [3.05, 3.63) is 53.0 Å². The van der Waals surface area contributed by atoms with Crippen molar-refractivity contribution in [3.63, 3.8) is 0 Å². The van der Waals surface area contributed by atoms with Crippen LogP contribution in [0.5, 0.6) is 11.5 Å². The second kappa shape index (κ2) is 7.62. The van der Waals surface area contributed by atoms with E-state index in [0.717, 1.165) is 43.2 Å². The van der Waals surface area contributed by atoms with Crippen LogP contribution in [0.25, 0.3) is 6.08 Å². The number of aromatic hydroxyl groups is 1.